The summed E-state index contributed by atoms with van der Waals surface area (Å²) in [6.07, 6.45) is 3.68. The summed E-state index contributed by atoms with van der Waals surface area (Å²) in [5.41, 5.74) is 2.38. The number of benzene rings is 1. The fourth-order valence-corrected chi connectivity index (χ4v) is 4.23. The lowest BCUT2D eigenvalue weighted by Gasteiger charge is -2.36. The summed E-state index contributed by atoms with van der Waals surface area (Å²) in [5, 5.41) is 6.29. The normalized spacial score (nSPS) is 16.6. The predicted molar refractivity (Wildman–Crippen MR) is 128 cm³/mol. The Morgan fingerprint density at radius 2 is 1.68 bits per heavy atom. The van der Waals surface area contributed by atoms with Gasteiger partial charge >= 0.3 is 6.09 Å². The second kappa shape index (κ2) is 11.0. The molecule has 4 rings (SSSR count). The van der Waals surface area contributed by atoms with E-state index in [0.29, 0.717) is 56.1 Å². The number of rotatable bonds is 4. The molecule has 2 aliphatic rings. The maximum absolute atomic E-state index is 13.2. The second-order valence-corrected chi connectivity index (χ2v) is 8.26. The first kappa shape index (κ1) is 23.5. The number of hydrogen-bond acceptors (Lipinski definition) is 7. The monoisotopic (exact) mass is 466 g/mol. The number of hydrogen-bond donors (Lipinski definition) is 2. The van der Waals surface area contributed by atoms with Gasteiger partial charge in [0, 0.05) is 69.3 Å². The first-order chi connectivity index (χ1) is 16.6. The number of ether oxygens (including phenoxy) is 1. The van der Waals surface area contributed by atoms with Crippen molar-refractivity contribution < 1.29 is 19.1 Å². The maximum atomic E-state index is 13.2. The van der Waals surface area contributed by atoms with Crippen molar-refractivity contribution in [1.82, 2.24) is 20.1 Å². The van der Waals surface area contributed by atoms with Gasteiger partial charge in [-0.05, 0) is 43.3 Å². The van der Waals surface area contributed by atoms with Gasteiger partial charge < -0.3 is 30.1 Å². The molecule has 1 aromatic carbocycles. The SMILES string of the molecule is COC(=O)N1CCN(c2ccc(C(=O)N3CCCNCC3)cc2NC(=O)c2ccncc2)CC1. The Bertz CT molecular complexity index is 1020. The molecule has 3 heterocycles. The zero-order valence-electron chi connectivity index (χ0n) is 19.3. The molecule has 0 aliphatic carbocycles. The Hall–Kier alpha value is -3.66. The number of carbonyl (C=O) groups excluding carboxylic acids is 3. The van der Waals surface area contributed by atoms with Gasteiger partial charge in [-0.15, -0.1) is 0 Å². The molecule has 10 nitrogen and oxygen atoms in total. The first-order valence-electron chi connectivity index (χ1n) is 11.5. The lowest BCUT2D eigenvalue weighted by Crippen LogP contribution is -2.49. The highest BCUT2D eigenvalue weighted by Gasteiger charge is 2.25. The van der Waals surface area contributed by atoms with E-state index in [1.165, 1.54) is 7.11 Å². The lowest BCUT2D eigenvalue weighted by molar-refractivity contribution is 0.0766. The molecule has 2 aliphatic heterocycles. The number of aromatic nitrogens is 1. The van der Waals surface area contributed by atoms with E-state index >= 15 is 0 Å². The molecule has 10 heteroatoms. The van der Waals surface area contributed by atoms with Crippen LogP contribution in [-0.4, -0.2) is 92.2 Å². The molecule has 3 amide bonds. The Labute approximate surface area is 198 Å². The van der Waals surface area contributed by atoms with E-state index in [-0.39, 0.29) is 17.9 Å². The van der Waals surface area contributed by atoms with Crippen LogP contribution in [-0.2, 0) is 4.74 Å². The van der Waals surface area contributed by atoms with Gasteiger partial charge in [0.1, 0.15) is 0 Å². The van der Waals surface area contributed by atoms with E-state index in [0.717, 1.165) is 25.2 Å². The molecule has 2 N–H and O–H groups in total. The third-order valence-corrected chi connectivity index (χ3v) is 6.11. The van der Waals surface area contributed by atoms with E-state index in [1.54, 1.807) is 35.5 Å². The van der Waals surface area contributed by atoms with Crippen molar-refractivity contribution in [3.05, 3.63) is 53.9 Å². The summed E-state index contributed by atoms with van der Waals surface area (Å²) >= 11 is 0. The van der Waals surface area contributed by atoms with Gasteiger partial charge in [-0.1, -0.05) is 0 Å². The van der Waals surface area contributed by atoms with Gasteiger partial charge in [-0.2, -0.15) is 0 Å². The minimum Gasteiger partial charge on any atom is -0.453 e. The standard InChI is InChI=1S/C24H30N6O4/c1-34-24(33)30-15-13-28(14-16-30)21-4-3-19(23(32)29-11-2-7-25-10-12-29)17-20(21)27-22(31)18-5-8-26-9-6-18/h3-6,8-9,17,25H,2,7,10-16H2,1H3,(H,27,31). The number of piperazine rings is 1. The van der Waals surface area contributed by atoms with E-state index in [2.05, 4.69) is 20.5 Å². The van der Waals surface area contributed by atoms with Crippen molar-refractivity contribution in [2.45, 2.75) is 6.42 Å². The van der Waals surface area contributed by atoms with Gasteiger partial charge in [0.2, 0.25) is 0 Å². The molecule has 0 bridgehead atoms. The largest absolute Gasteiger partial charge is 0.453 e. The van der Waals surface area contributed by atoms with Gasteiger partial charge in [0.15, 0.2) is 0 Å². The molecule has 0 spiro atoms. The van der Waals surface area contributed by atoms with Crippen LogP contribution in [0.3, 0.4) is 0 Å². The molecule has 0 saturated carbocycles. The van der Waals surface area contributed by atoms with E-state index in [9.17, 15) is 14.4 Å². The highest BCUT2D eigenvalue weighted by molar-refractivity contribution is 6.07. The number of nitrogens with one attached hydrogen (secondary N) is 2. The third kappa shape index (κ3) is 5.45. The zero-order valence-corrected chi connectivity index (χ0v) is 19.3. The van der Waals surface area contributed by atoms with Gasteiger partial charge in [0.25, 0.3) is 11.8 Å². The second-order valence-electron chi connectivity index (χ2n) is 8.26. The van der Waals surface area contributed by atoms with Crippen molar-refractivity contribution in [3.63, 3.8) is 0 Å². The minimum atomic E-state index is -0.348. The molecule has 1 aromatic heterocycles. The predicted octanol–water partition coefficient (Wildman–Crippen LogP) is 1.66. The molecule has 2 saturated heterocycles. The molecule has 2 fully saturated rings. The summed E-state index contributed by atoms with van der Waals surface area (Å²) in [7, 11) is 1.37. The van der Waals surface area contributed by atoms with Gasteiger partial charge in [0.05, 0.1) is 18.5 Å². The quantitative estimate of drug-likeness (QED) is 0.706. The summed E-state index contributed by atoms with van der Waals surface area (Å²) in [5.74, 6) is -0.328. The summed E-state index contributed by atoms with van der Waals surface area (Å²) in [4.78, 5) is 47.5. The van der Waals surface area contributed by atoms with Crippen molar-refractivity contribution in [1.29, 1.82) is 0 Å². The maximum Gasteiger partial charge on any atom is 0.409 e. The van der Waals surface area contributed by atoms with Crippen molar-refractivity contribution >= 4 is 29.3 Å². The molecule has 0 radical (unpaired) electrons. The van der Waals surface area contributed by atoms with Crippen LogP contribution < -0.4 is 15.5 Å². The molecule has 0 unspecified atom stereocenters. The lowest BCUT2D eigenvalue weighted by atomic mass is 10.1. The van der Waals surface area contributed by atoms with E-state index in [4.69, 9.17) is 4.74 Å². The smallest absolute Gasteiger partial charge is 0.409 e. The van der Waals surface area contributed by atoms with Crippen LogP contribution in [0.1, 0.15) is 27.1 Å². The van der Waals surface area contributed by atoms with Crippen molar-refractivity contribution in [2.24, 2.45) is 0 Å². The number of methoxy groups -OCH3 is 1. The number of pyridine rings is 1. The number of carbonyl (C=O) groups is 3. The minimum absolute atomic E-state index is 0.0508. The van der Waals surface area contributed by atoms with Crippen molar-refractivity contribution in [2.75, 3.05) is 69.7 Å². The third-order valence-electron chi connectivity index (χ3n) is 6.11. The summed E-state index contributed by atoms with van der Waals surface area (Å²) in [6.45, 7) is 5.18. The van der Waals surface area contributed by atoms with Crippen molar-refractivity contribution in [3.8, 4) is 0 Å². The fraction of sp³-hybridized carbons (Fsp3) is 0.417. The Balaban J connectivity index is 1.59. The van der Waals surface area contributed by atoms with Crippen LogP contribution in [0.5, 0.6) is 0 Å². The molecule has 2 aromatic rings. The molecule has 34 heavy (non-hydrogen) atoms. The molecular formula is C24H30N6O4. The Kier molecular flexibility index (Phi) is 7.58. The summed E-state index contributed by atoms with van der Waals surface area (Å²) in [6, 6.07) is 8.72. The molecule has 180 valence electrons. The van der Waals surface area contributed by atoms with Crippen LogP contribution in [0.25, 0.3) is 0 Å². The Morgan fingerprint density at radius 3 is 2.41 bits per heavy atom. The highest BCUT2D eigenvalue weighted by Crippen LogP contribution is 2.29. The van der Waals surface area contributed by atoms with Crippen LogP contribution in [0.2, 0.25) is 0 Å². The highest BCUT2D eigenvalue weighted by atomic mass is 16.5. The zero-order chi connectivity index (χ0) is 23.9. The van der Waals surface area contributed by atoms with Crippen LogP contribution in [0.15, 0.2) is 42.7 Å². The van der Waals surface area contributed by atoms with E-state index < -0.39 is 0 Å². The van der Waals surface area contributed by atoms with Crippen LogP contribution in [0, 0.1) is 0 Å². The average molecular weight is 467 g/mol. The molecule has 0 atom stereocenters. The number of anilines is 2. The number of amides is 3. The average Bonchev–Trinajstić information content (AvgIpc) is 3.18. The van der Waals surface area contributed by atoms with Gasteiger partial charge in [-0.25, -0.2) is 4.79 Å². The molecular weight excluding hydrogens is 436 g/mol. The van der Waals surface area contributed by atoms with Crippen LogP contribution in [0.4, 0.5) is 16.2 Å². The first-order valence-corrected chi connectivity index (χ1v) is 11.5. The van der Waals surface area contributed by atoms with Crippen LogP contribution >= 0.6 is 0 Å². The Morgan fingerprint density at radius 1 is 0.912 bits per heavy atom. The summed E-state index contributed by atoms with van der Waals surface area (Å²) < 4.78 is 4.82. The fourth-order valence-electron chi connectivity index (χ4n) is 4.23. The van der Waals surface area contributed by atoms with E-state index in [1.807, 2.05) is 17.0 Å². The van der Waals surface area contributed by atoms with Gasteiger partial charge in [-0.3, -0.25) is 14.6 Å². The topological polar surface area (TPSA) is 107 Å². The number of nitrogens with zero attached hydrogens (tertiary/aromatic N) is 4.